The van der Waals surface area contributed by atoms with Crippen LogP contribution in [0.4, 0.5) is 19.1 Å². The molecule has 1 N–H and O–H groups in total. The maximum atomic E-state index is 12.2. The van der Waals surface area contributed by atoms with Crippen LogP contribution in [0.1, 0.15) is 6.42 Å². The molecule has 5 nitrogen and oxygen atoms in total. The second kappa shape index (κ2) is 5.32. The first kappa shape index (κ1) is 14.0. The number of amides is 1. The lowest BCUT2D eigenvalue weighted by Crippen LogP contribution is -2.36. The van der Waals surface area contributed by atoms with Gasteiger partial charge in [-0.3, -0.25) is 4.79 Å². The Morgan fingerprint density at radius 3 is 2.63 bits per heavy atom. The highest BCUT2D eigenvalue weighted by Gasteiger charge is 2.38. The van der Waals surface area contributed by atoms with E-state index in [0.29, 0.717) is 4.47 Å². The van der Waals surface area contributed by atoms with Crippen LogP contribution in [0.25, 0.3) is 0 Å². The number of aromatic nitrogens is 2. The van der Waals surface area contributed by atoms with Crippen molar-refractivity contribution in [2.24, 2.45) is 0 Å². The molecule has 1 atom stereocenters. The summed E-state index contributed by atoms with van der Waals surface area (Å²) >= 11 is 3.17. The van der Waals surface area contributed by atoms with E-state index in [0.717, 1.165) is 4.90 Å². The first-order chi connectivity index (χ1) is 8.83. The molecule has 104 valence electrons. The Kier molecular flexibility index (Phi) is 3.93. The number of anilines is 1. The Hall–Kier alpha value is -1.38. The summed E-state index contributed by atoms with van der Waals surface area (Å²) in [6.07, 6.45) is -1.34. The molecule has 0 bridgehead atoms. The zero-order chi connectivity index (χ0) is 14.0. The summed E-state index contributed by atoms with van der Waals surface area (Å²) in [5.41, 5.74) is 0. The molecular formula is C10H10BrF3N4O. The zero-order valence-electron chi connectivity index (χ0n) is 9.62. The van der Waals surface area contributed by atoms with E-state index in [4.69, 9.17) is 0 Å². The Balaban J connectivity index is 1.94. The van der Waals surface area contributed by atoms with Crippen molar-refractivity contribution in [3.8, 4) is 0 Å². The Bertz CT molecular complexity index is 465. The van der Waals surface area contributed by atoms with Gasteiger partial charge in [-0.1, -0.05) is 0 Å². The Morgan fingerprint density at radius 2 is 2.05 bits per heavy atom. The third-order valence-electron chi connectivity index (χ3n) is 2.54. The van der Waals surface area contributed by atoms with Crippen molar-refractivity contribution in [1.82, 2.24) is 14.9 Å². The molecule has 0 aliphatic carbocycles. The molecule has 2 heterocycles. The number of halogens is 4. The fourth-order valence-corrected chi connectivity index (χ4v) is 2.01. The fourth-order valence-electron chi connectivity index (χ4n) is 1.81. The number of carbonyl (C=O) groups excluding carboxylic acids is 1. The highest BCUT2D eigenvalue weighted by atomic mass is 79.9. The van der Waals surface area contributed by atoms with Crippen molar-refractivity contribution >= 4 is 27.8 Å². The standard InChI is InChI=1S/C10H10BrF3N4O/c11-6-2-15-9(16-3-6)17-7-1-8(19)18(4-7)5-10(12,13)14/h2-3,7H,1,4-5H2,(H,15,16,17)/t7-/m0/s1. The lowest BCUT2D eigenvalue weighted by molar-refractivity contribution is -0.157. The van der Waals surface area contributed by atoms with Gasteiger partial charge in [-0.05, 0) is 15.9 Å². The van der Waals surface area contributed by atoms with Crippen LogP contribution in [0.2, 0.25) is 0 Å². The molecular weight excluding hydrogens is 329 g/mol. The number of alkyl halides is 3. The normalized spacial score (nSPS) is 19.9. The van der Waals surface area contributed by atoms with E-state index in [9.17, 15) is 18.0 Å². The summed E-state index contributed by atoms with van der Waals surface area (Å²) < 4.78 is 37.4. The van der Waals surface area contributed by atoms with Gasteiger partial charge in [-0.25, -0.2) is 9.97 Å². The van der Waals surface area contributed by atoms with Gasteiger partial charge >= 0.3 is 6.18 Å². The molecule has 1 fully saturated rings. The Morgan fingerprint density at radius 1 is 1.42 bits per heavy atom. The summed E-state index contributed by atoms with van der Waals surface area (Å²) in [6, 6.07) is -0.406. The van der Waals surface area contributed by atoms with Gasteiger partial charge in [0, 0.05) is 25.4 Å². The molecule has 0 radical (unpaired) electrons. The third kappa shape index (κ3) is 4.05. The summed E-state index contributed by atoms with van der Waals surface area (Å²) in [6.45, 7) is -1.22. The van der Waals surface area contributed by atoms with E-state index in [1.165, 1.54) is 12.4 Å². The molecule has 1 amide bonds. The maximum Gasteiger partial charge on any atom is 0.406 e. The number of hydrogen-bond acceptors (Lipinski definition) is 4. The molecule has 1 aromatic rings. The summed E-state index contributed by atoms with van der Waals surface area (Å²) in [5, 5.41) is 2.84. The van der Waals surface area contributed by atoms with Crippen molar-refractivity contribution in [2.75, 3.05) is 18.4 Å². The average Bonchev–Trinajstić information content (AvgIpc) is 2.60. The van der Waals surface area contributed by atoms with Gasteiger partial charge < -0.3 is 10.2 Å². The van der Waals surface area contributed by atoms with Crippen molar-refractivity contribution in [3.05, 3.63) is 16.9 Å². The van der Waals surface area contributed by atoms with Gasteiger partial charge in [0.25, 0.3) is 0 Å². The van der Waals surface area contributed by atoms with Gasteiger partial charge in [0.1, 0.15) is 6.54 Å². The second-order valence-corrected chi connectivity index (χ2v) is 5.08. The molecule has 0 unspecified atom stereocenters. The molecule has 0 saturated carbocycles. The minimum atomic E-state index is -4.38. The molecule has 2 rings (SSSR count). The van der Waals surface area contributed by atoms with Crippen molar-refractivity contribution < 1.29 is 18.0 Å². The summed E-state index contributed by atoms with van der Waals surface area (Å²) in [5.74, 6) is -0.234. The first-order valence-corrected chi connectivity index (χ1v) is 6.21. The molecule has 0 aromatic carbocycles. The molecule has 1 aromatic heterocycles. The number of carbonyl (C=O) groups is 1. The average molecular weight is 339 g/mol. The van der Waals surface area contributed by atoms with E-state index < -0.39 is 24.7 Å². The number of hydrogen-bond donors (Lipinski definition) is 1. The van der Waals surface area contributed by atoms with Gasteiger partial charge in [-0.2, -0.15) is 13.2 Å². The molecule has 19 heavy (non-hydrogen) atoms. The van der Waals surface area contributed by atoms with Crippen LogP contribution in [-0.4, -0.2) is 46.1 Å². The van der Waals surface area contributed by atoms with Crippen LogP contribution in [0, 0.1) is 0 Å². The quantitative estimate of drug-likeness (QED) is 0.913. The van der Waals surface area contributed by atoms with Crippen LogP contribution in [0.15, 0.2) is 16.9 Å². The van der Waals surface area contributed by atoms with E-state index in [2.05, 4.69) is 31.2 Å². The first-order valence-electron chi connectivity index (χ1n) is 5.42. The smallest absolute Gasteiger partial charge is 0.349 e. The van der Waals surface area contributed by atoms with Crippen molar-refractivity contribution in [1.29, 1.82) is 0 Å². The maximum absolute atomic E-state index is 12.2. The molecule has 9 heteroatoms. The largest absolute Gasteiger partial charge is 0.406 e. The van der Waals surface area contributed by atoms with Gasteiger partial charge in [0.05, 0.1) is 10.5 Å². The van der Waals surface area contributed by atoms with E-state index in [-0.39, 0.29) is 18.9 Å². The van der Waals surface area contributed by atoms with Crippen LogP contribution in [0.5, 0.6) is 0 Å². The van der Waals surface area contributed by atoms with Crippen molar-refractivity contribution in [3.63, 3.8) is 0 Å². The highest BCUT2D eigenvalue weighted by molar-refractivity contribution is 9.10. The zero-order valence-corrected chi connectivity index (χ0v) is 11.2. The lowest BCUT2D eigenvalue weighted by atomic mass is 10.3. The highest BCUT2D eigenvalue weighted by Crippen LogP contribution is 2.22. The van der Waals surface area contributed by atoms with E-state index in [1.807, 2.05) is 0 Å². The lowest BCUT2D eigenvalue weighted by Gasteiger charge is -2.18. The SMILES string of the molecule is O=C1C[C@H](Nc2ncc(Br)cn2)CN1CC(F)(F)F. The van der Waals surface area contributed by atoms with Gasteiger partial charge in [-0.15, -0.1) is 0 Å². The minimum Gasteiger partial charge on any atom is -0.349 e. The fraction of sp³-hybridized carbons (Fsp3) is 0.500. The Labute approximate surface area is 115 Å². The van der Waals surface area contributed by atoms with Crippen LogP contribution in [-0.2, 0) is 4.79 Å². The predicted octanol–water partition coefficient (Wildman–Crippen LogP) is 1.81. The van der Waals surface area contributed by atoms with Gasteiger partial charge in [0.15, 0.2) is 0 Å². The minimum absolute atomic E-state index is 0.00222. The molecule has 1 aliphatic rings. The van der Waals surface area contributed by atoms with Crippen LogP contribution >= 0.6 is 15.9 Å². The number of nitrogens with zero attached hydrogens (tertiary/aromatic N) is 3. The van der Waals surface area contributed by atoms with Crippen molar-refractivity contribution in [2.45, 2.75) is 18.6 Å². The van der Waals surface area contributed by atoms with E-state index >= 15 is 0 Å². The topological polar surface area (TPSA) is 58.1 Å². The predicted molar refractivity (Wildman–Crippen MR) is 64.4 cm³/mol. The second-order valence-electron chi connectivity index (χ2n) is 4.16. The monoisotopic (exact) mass is 338 g/mol. The van der Waals surface area contributed by atoms with Gasteiger partial charge in [0.2, 0.25) is 11.9 Å². The van der Waals surface area contributed by atoms with Crippen LogP contribution in [0.3, 0.4) is 0 Å². The van der Waals surface area contributed by atoms with Crippen LogP contribution < -0.4 is 5.32 Å². The molecule has 1 aliphatic heterocycles. The number of likely N-dealkylation sites (tertiary alicyclic amines) is 1. The van der Waals surface area contributed by atoms with E-state index in [1.54, 1.807) is 0 Å². The number of nitrogens with one attached hydrogen (secondary N) is 1. The summed E-state index contributed by atoms with van der Waals surface area (Å²) in [4.78, 5) is 20.1. The number of rotatable bonds is 3. The molecule has 0 spiro atoms. The summed E-state index contributed by atoms with van der Waals surface area (Å²) in [7, 11) is 0. The third-order valence-corrected chi connectivity index (χ3v) is 2.95. The molecule has 1 saturated heterocycles.